The van der Waals surface area contributed by atoms with E-state index in [1.165, 1.54) is 4.31 Å². The van der Waals surface area contributed by atoms with Crippen LogP contribution in [0.15, 0.2) is 53.4 Å². The smallest absolute Gasteiger partial charge is 0.243 e. The fourth-order valence-electron chi connectivity index (χ4n) is 2.45. The van der Waals surface area contributed by atoms with E-state index in [2.05, 4.69) is 0 Å². The van der Waals surface area contributed by atoms with E-state index in [0.29, 0.717) is 24.5 Å². The summed E-state index contributed by atoms with van der Waals surface area (Å²) in [5.41, 5.74) is 8.55. The molecule has 0 aromatic heterocycles. The highest BCUT2D eigenvalue weighted by molar-refractivity contribution is 7.89. The topological polar surface area (TPSA) is 63.4 Å². The van der Waals surface area contributed by atoms with Crippen molar-refractivity contribution in [3.63, 3.8) is 0 Å². The molecule has 4 nitrogen and oxygen atoms in total. The van der Waals surface area contributed by atoms with Crippen molar-refractivity contribution in [2.45, 2.75) is 24.5 Å². The van der Waals surface area contributed by atoms with Gasteiger partial charge in [0.15, 0.2) is 0 Å². The Hall–Kier alpha value is -1.69. The first-order valence-corrected chi connectivity index (χ1v) is 7.91. The lowest BCUT2D eigenvalue weighted by molar-refractivity contribution is 0.431. The van der Waals surface area contributed by atoms with E-state index in [1.807, 2.05) is 30.3 Å². The maximum Gasteiger partial charge on any atom is 0.243 e. The molecule has 0 unspecified atom stereocenters. The second kappa shape index (κ2) is 5.01. The predicted octanol–water partition coefficient (Wildman–Crippen LogP) is 1.85. The number of fused-ring (bicyclic) bond motifs is 1. The lowest BCUT2D eigenvalue weighted by atomic mass is 10.1. The Morgan fingerprint density at radius 3 is 2.25 bits per heavy atom. The lowest BCUT2D eigenvalue weighted by Gasteiger charge is -2.16. The minimum atomic E-state index is -3.46. The largest absolute Gasteiger partial charge is 0.326 e. The van der Waals surface area contributed by atoms with Gasteiger partial charge < -0.3 is 5.73 Å². The van der Waals surface area contributed by atoms with Crippen molar-refractivity contribution in [3.8, 4) is 0 Å². The molecule has 20 heavy (non-hydrogen) atoms. The number of nitrogens with zero attached hydrogens (tertiary/aromatic N) is 1. The van der Waals surface area contributed by atoms with Crippen LogP contribution in [-0.4, -0.2) is 12.7 Å². The molecule has 2 aromatic rings. The molecule has 0 atom stereocenters. The standard InChI is InChI=1S/C15H16N2O2S/c16-9-12-4-3-7-15(8-12)20(18,19)17-10-13-5-1-2-6-14(13)11-17/h1-8H,9-11,16H2. The molecule has 3 rings (SSSR count). The molecule has 1 aliphatic heterocycles. The van der Waals surface area contributed by atoms with E-state index >= 15 is 0 Å². The van der Waals surface area contributed by atoms with Gasteiger partial charge in [0, 0.05) is 19.6 Å². The van der Waals surface area contributed by atoms with Crippen molar-refractivity contribution < 1.29 is 8.42 Å². The fourth-order valence-corrected chi connectivity index (χ4v) is 3.92. The van der Waals surface area contributed by atoms with Gasteiger partial charge in [-0.2, -0.15) is 4.31 Å². The predicted molar refractivity (Wildman–Crippen MR) is 77.2 cm³/mol. The summed E-state index contributed by atoms with van der Waals surface area (Å²) in [6.45, 7) is 1.21. The van der Waals surface area contributed by atoms with Crippen molar-refractivity contribution in [2.24, 2.45) is 5.73 Å². The van der Waals surface area contributed by atoms with E-state index in [-0.39, 0.29) is 0 Å². The summed E-state index contributed by atoms with van der Waals surface area (Å²) in [6, 6.07) is 14.7. The molecular formula is C15H16N2O2S. The van der Waals surface area contributed by atoms with Crippen molar-refractivity contribution in [3.05, 3.63) is 65.2 Å². The first-order valence-electron chi connectivity index (χ1n) is 6.47. The average molecular weight is 288 g/mol. The van der Waals surface area contributed by atoms with E-state index in [9.17, 15) is 8.42 Å². The van der Waals surface area contributed by atoms with Crippen LogP contribution in [-0.2, 0) is 29.7 Å². The molecule has 1 aliphatic rings. The van der Waals surface area contributed by atoms with Crippen molar-refractivity contribution in [1.29, 1.82) is 0 Å². The van der Waals surface area contributed by atoms with Crippen LogP contribution in [0.5, 0.6) is 0 Å². The third kappa shape index (κ3) is 2.24. The summed E-state index contributed by atoms with van der Waals surface area (Å²) in [5.74, 6) is 0. The zero-order valence-electron chi connectivity index (χ0n) is 11.0. The molecule has 0 amide bonds. The molecule has 104 valence electrons. The Bertz CT molecular complexity index is 716. The lowest BCUT2D eigenvalue weighted by Crippen LogP contribution is -2.25. The molecule has 2 aromatic carbocycles. The number of sulfonamides is 1. The highest BCUT2D eigenvalue weighted by Gasteiger charge is 2.30. The molecule has 0 aliphatic carbocycles. The summed E-state index contributed by atoms with van der Waals surface area (Å²) in [7, 11) is -3.46. The van der Waals surface area contributed by atoms with E-state index in [4.69, 9.17) is 5.73 Å². The second-order valence-corrected chi connectivity index (χ2v) is 6.83. The highest BCUT2D eigenvalue weighted by Crippen LogP contribution is 2.28. The summed E-state index contributed by atoms with van der Waals surface area (Å²) < 4.78 is 26.8. The number of benzene rings is 2. The quantitative estimate of drug-likeness (QED) is 0.937. The Balaban J connectivity index is 1.94. The molecule has 5 heteroatoms. The van der Waals surface area contributed by atoms with Crippen LogP contribution in [0.1, 0.15) is 16.7 Å². The minimum absolute atomic E-state index is 0.313. The monoisotopic (exact) mass is 288 g/mol. The maximum atomic E-state index is 12.7. The van der Waals surface area contributed by atoms with E-state index in [0.717, 1.165) is 16.7 Å². The van der Waals surface area contributed by atoms with Gasteiger partial charge in [0.2, 0.25) is 10.0 Å². The number of rotatable bonds is 3. The Labute approximate surface area is 118 Å². The van der Waals surface area contributed by atoms with Gasteiger partial charge >= 0.3 is 0 Å². The summed E-state index contributed by atoms with van der Waals surface area (Å²) in [6.07, 6.45) is 0. The van der Waals surface area contributed by atoms with Crippen LogP contribution in [0.3, 0.4) is 0 Å². The minimum Gasteiger partial charge on any atom is -0.326 e. The Morgan fingerprint density at radius 2 is 1.65 bits per heavy atom. The molecule has 0 saturated carbocycles. The molecule has 0 saturated heterocycles. The van der Waals surface area contributed by atoms with Crippen molar-refractivity contribution >= 4 is 10.0 Å². The van der Waals surface area contributed by atoms with Gasteiger partial charge in [-0.15, -0.1) is 0 Å². The number of hydrogen-bond donors (Lipinski definition) is 1. The van der Waals surface area contributed by atoms with Gasteiger partial charge in [0.1, 0.15) is 0 Å². The second-order valence-electron chi connectivity index (χ2n) is 4.89. The van der Waals surface area contributed by atoms with Crippen LogP contribution in [0.25, 0.3) is 0 Å². The average Bonchev–Trinajstić information content (AvgIpc) is 2.92. The maximum absolute atomic E-state index is 12.7. The molecule has 2 N–H and O–H groups in total. The van der Waals surface area contributed by atoms with Crippen LogP contribution < -0.4 is 5.73 Å². The van der Waals surface area contributed by atoms with Gasteiger partial charge in [-0.25, -0.2) is 8.42 Å². The van der Waals surface area contributed by atoms with Gasteiger partial charge in [0.25, 0.3) is 0 Å². The van der Waals surface area contributed by atoms with Crippen LogP contribution >= 0.6 is 0 Å². The van der Waals surface area contributed by atoms with Gasteiger partial charge in [-0.1, -0.05) is 36.4 Å². The third-order valence-corrected chi connectivity index (χ3v) is 5.37. The number of hydrogen-bond acceptors (Lipinski definition) is 3. The van der Waals surface area contributed by atoms with Crippen molar-refractivity contribution in [1.82, 2.24) is 4.31 Å². The molecule has 0 radical (unpaired) electrons. The fraction of sp³-hybridized carbons (Fsp3) is 0.200. The Morgan fingerprint density at radius 1 is 1.00 bits per heavy atom. The first kappa shape index (κ1) is 13.3. The molecule has 0 spiro atoms. The van der Waals surface area contributed by atoms with Crippen molar-refractivity contribution in [2.75, 3.05) is 0 Å². The number of nitrogens with two attached hydrogens (primary N) is 1. The van der Waals surface area contributed by atoms with Crippen LogP contribution in [0, 0.1) is 0 Å². The van der Waals surface area contributed by atoms with Gasteiger partial charge in [-0.05, 0) is 28.8 Å². The van der Waals surface area contributed by atoms with Crippen LogP contribution in [0.4, 0.5) is 0 Å². The zero-order valence-corrected chi connectivity index (χ0v) is 11.8. The summed E-state index contributed by atoms with van der Waals surface area (Å²) in [5, 5.41) is 0. The van der Waals surface area contributed by atoms with E-state index < -0.39 is 10.0 Å². The first-order chi connectivity index (χ1) is 9.61. The summed E-state index contributed by atoms with van der Waals surface area (Å²) in [4.78, 5) is 0.313. The highest BCUT2D eigenvalue weighted by atomic mass is 32.2. The normalized spacial score (nSPS) is 15.2. The zero-order chi connectivity index (χ0) is 14.2. The Kier molecular flexibility index (Phi) is 3.33. The van der Waals surface area contributed by atoms with Gasteiger partial charge in [-0.3, -0.25) is 0 Å². The molecular weight excluding hydrogens is 272 g/mol. The summed E-state index contributed by atoms with van der Waals surface area (Å²) >= 11 is 0. The third-order valence-electron chi connectivity index (χ3n) is 3.58. The van der Waals surface area contributed by atoms with Crippen LogP contribution in [0.2, 0.25) is 0 Å². The molecule has 0 bridgehead atoms. The molecule has 0 fully saturated rings. The molecule has 1 heterocycles. The SMILES string of the molecule is NCc1cccc(S(=O)(=O)N2Cc3ccccc3C2)c1. The van der Waals surface area contributed by atoms with E-state index in [1.54, 1.807) is 18.2 Å². The van der Waals surface area contributed by atoms with Gasteiger partial charge in [0.05, 0.1) is 4.90 Å².